The van der Waals surface area contributed by atoms with Gasteiger partial charge >= 0.3 is 0 Å². The van der Waals surface area contributed by atoms with E-state index in [0.29, 0.717) is 13.1 Å². The molecule has 1 heterocycles. The fraction of sp³-hybridized carbons (Fsp3) is 0.533. The molecule has 1 saturated heterocycles. The average Bonchev–Trinajstić information content (AvgIpc) is 2.43. The van der Waals surface area contributed by atoms with Crippen molar-refractivity contribution in [3.05, 3.63) is 35.9 Å². The summed E-state index contributed by atoms with van der Waals surface area (Å²) in [6.07, 6.45) is 2.23. The highest BCUT2D eigenvalue weighted by molar-refractivity contribution is 5.78. The van der Waals surface area contributed by atoms with Crippen LogP contribution >= 0.6 is 0 Å². The predicted octanol–water partition coefficient (Wildman–Crippen LogP) is 0.802. The van der Waals surface area contributed by atoms with Gasteiger partial charge in [0.05, 0.1) is 12.6 Å². The fourth-order valence-electron chi connectivity index (χ4n) is 2.33. The number of carbonyl (C=O) groups excluding carboxylic acids is 1. The maximum absolute atomic E-state index is 11.8. The van der Waals surface area contributed by atoms with Crippen LogP contribution in [0.25, 0.3) is 0 Å². The standard InChI is InChI=1S/C15H22N2O2/c18-14-7-10-17(11-8-14)12-15(19)16-9-6-13-4-2-1-3-5-13/h1-5,14,18H,6-12H2,(H,16,19). The molecular weight excluding hydrogens is 240 g/mol. The average molecular weight is 262 g/mol. The molecule has 1 amide bonds. The Balaban J connectivity index is 1.62. The summed E-state index contributed by atoms with van der Waals surface area (Å²) in [4.78, 5) is 13.9. The van der Waals surface area contributed by atoms with Gasteiger partial charge < -0.3 is 10.4 Å². The lowest BCUT2D eigenvalue weighted by molar-refractivity contribution is -0.122. The highest BCUT2D eigenvalue weighted by Crippen LogP contribution is 2.08. The Labute approximate surface area is 114 Å². The number of carbonyl (C=O) groups is 1. The maximum atomic E-state index is 11.8. The first kappa shape index (κ1) is 14.0. The van der Waals surface area contributed by atoms with Crippen molar-refractivity contribution in [2.24, 2.45) is 0 Å². The Hall–Kier alpha value is -1.39. The molecule has 2 rings (SSSR count). The van der Waals surface area contributed by atoms with Gasteiger partial charge in [-0.25, -0.2) is 0 Å². The predicted molar refractivity (Wildman–Crippen MR) is 74.8 cm³/mol. The number of hydrogen-bond donors (Lipinski definition) is 2. The largest absolute Gasteiger partial charge is 0.393 e. The molecule has 0 aromatic heterocycles. The SMILES string of the molecule is O=C(CN1CCC(O)CC1)NCCc1ccccc1. The highest BCUT2D eigenvalue weighted by atomic mass is 16.3. The summed E-state index contributed by atoms with van der Waals surface area (Å²) >= 11 is 0. The fourth-order valence-corrected chi connectivity index (χ4v) is 2.33. The smallest absolute Gasteiger partial charge is 0.234 e. The van der Waals surface area contributed by atoms with Crippen molar-refractivity contribution in [3.63, 3.8) is 0 Å². The van der Waals surface area contributed by atoms with Crippen LogP contribution < -0.4 is 5.32 Å². The minimum atomic E-state index is -0.183. The lowest BCUT2D eigenvalue weighted by Crippen LogP contribution is -2.42. The number of piperidine rings is 1. The van der Waals surface area contributed by atoms with Gasteiger partial charge in [0.1, 0.15) is 0 Å². The molecule has 1 aliphatic rings. The summed E-state index contributed by atoms with van der Waals surface area (Å²) in [6.45, 7) is 2.75. The van der Waals surface area contributed by atoms with Crippen LogP contribution in [0.3, 0.4) is 0 Å². The van der Waals surface area contributed by atoms with Gasteiger partial charge in [0, 0.05) is 19.6 Å². The summed E-state index contributed by atoms with van der Waals surface area (Å²) in [5.74, 6) is 0.0762. The lowest BCUT2D eigenvalue weighted by atomic mass is 10.1. The molecule has 1 fully saturated rings. The van der Waals surface area contributed by atoms with E-state index in [0.717, 1.165) is 32.4 Å². The molecule has 0 unspecified atom stereocenters. The number of aliphatic hydroxyl groups excluding tert-OH is 1. The van der Waals surface area contributed by atoms with Gasteiger partial charge in [-0.3, -0.25) is 9.69 Å². The van der Waals surface area contributed by atoms with Gasteiger partial charge in [-0.15, -0.1) is 0 Å². The van der Waals surface area contributed by atoms with Crippen LogP contribution in [-0.4, -0.2) is 48.2 Å². The van der Waals surface area contributed by atoms with Gasteiger partial charge in [0.15, 0.2) is 0 Å². The van der Waals surface area contributed by atoms with E-state index < -0.39 is 0 Å². The molecule has 1 aromatic carbocycles. The van der Waals surface area contributed by atoms with Crippen LogP contribution in [0, 0.1) is 0 Å². The Bertz CT molecular complexity index is 386. The van der Waals surface area contributed by atoms with E-state index in [-0.39, 0.29) is 12.0 Å². The van der Waals surface area contributed by atoms with Crippen molar-refractivity contribution in [3.8, 4) is 0 Å². The number of amides is 1. The van der Waals surface area contributed by atoms with Crippen LogP contribution in [0.5, 0.6) is 0 Å². The third kappa shape index (κ3) is 5.01. The summed E-state index contributed by atoms with van der Waals surface area (Å²) in [5, 5.41) is 12.3. The van der Waals surface area contributed by atoms with Gasteiger partial charge in [-0.1, -0.05) is 30.3 Å². The molecule has 0 saturated carbocycles. The van der Waals surface area contributed by atoms with Gasteiger partial charge in [0.25, 0.3) is 0 Å². The molecule has 2 N–H and O–H groups in total. The van der Waals surface area contributed by atoms with Crippen molar-refractivity contribution in [2.75, 3.05) is 26.2 Å². The van der Waals surface area contributed by atoms with Crippen molar-refractivity contribution in [2.45, 2.75) is 25.4 Å². The molecule has 104 valence electrons. The lowest BCUT2D eigenvalue weighted by Gasteiger charge is -2.28. The second-order valence-electron chi connectivity index (χ2n) is 5.09. The van der Waals surface area contributed by atoms with Gasteiger partial charge in [0.2, 0.25) is 5.91 Å². The van der Waals surface area contributed by atoms with Crippen LogP contribution in [-0.2, 0) is 11.2 Å². The Morgan fingerprint density at radius 1 is 1.26 bits per heavy atom. The van der Waals surface area contributed by atoms with Crippen LogP contribution in [0.15, 0.2) is 30.3 Å². The zero-order valence-electron chi connectivity index (χ0n) is 11.2. The minimum absolute atomic E-state index is 0.0762. The van der Waals surface area contributed by atoms with Crippen LogP contribution in [0.4, 0.5) is 0 Å². The molecule has 0 aliphatic carbocycles. The normalized spacial score (nSPS) is 17.3. The van der Waals surface area contributed by atoms with E-state index in [1.54, 1.807) is 0 Å². The number of hydrogen-bond acceptors (Lipinski definition) is 3. The molecule has 0 bridgehead atoms. The van der Waals surface area contributed by atoms with Crippen LogP contribution in [0.1, 0.15) is 18.4 Å². The molecule has 0 spiro atoms. The second kappa shape index (κ2) is 7.26. The maximum Gasteiger partial charge on any atom is 0.234 e. The highest BCUT2D eigenvalue weighted by Gasteiger charge is 2.18. The summed E-state index contributed by atoms with van der Waals surface area (Å²) < 4.78 is 0. The third-order valence-electron chi connectivity index (χ3n) is 3.50. The van der Waals surface area contributed by atoms with Gasteiger partial charge in [-0.05, 0) is 24.8 Å². The van der Waals surface area contributed by atoms with E-state index in [2.05, 4.69) is 22.3 Å². The molecule has 1 aliphatic heterocycles. The molecule has 0 radical (unpaired) electrons. The van der Waals surface area contributed by atoms with E-state index >= 15 is 0 Å². The number of benzene rings is 1. The van der Waals surface area contributed by atoms with Crippen molar-refractivity contribution >= 4 is 5.91 Å². The number of nitrogens with zero attached hydrogens (tertiary/aromatic N) is 1. The molecule has 19 heavy (non-hydrogen) atoms. The molecular formula is C15H22N2O2. The second-order valence-corrected chi connectivity index (χ2v) is 5.09. The zero-order chi connectivity index (χ0) is 13.5. The van der Waals surface area contributed by atoms with Crippen molar-refractivity contribution in [1.82, 2.24) is 10.2 Å². The Morgan fingerprint density at radius 3 is 2.63 bits per heavy atom. The van der Waals surface area contributed by atoms with Crippen molar-refractivity contribution < 1.29 is 9.90 Å². The minimum Gasteiger partial charge on any atom is -0.393 e. The van der Waals surface area contributed by atoms with E-state index in [1.807, 2.05) is 18.2 Å². The summed E-state index contributed by atoms with van der Waals surface area (Å²) in [6, 6.07) is 10.1. The molecule has 4 heteroatoms. The quantitative estimate of drug-likeness (QED) is 0.825. The molecule has 0 atom stereocenters. The Morgan fingerprint density at radius 2 is 1.95 bits per heavy atom. The first-order valence-electron chi connectivity index (χ1n) is 6.95. The first-order valence-corrected chi connectivity index (χ1v) is 6.95. The Kier molecular flexibility index (Phi) is 5.36. The number of nitrogens with one attached hydrogen (secondary N) is 1. The van der Waals surface area contributed by atoms with E-state index in [4.69, 9.17) is 0 Å². The van der Waals surface area contributed by atoms with Crippen LogP contribution in [0.2, 0.25) is 0 Å². The van der Waals surface area contributed by atoms with E-state index in [1.165, 1.54) is 5.56 Å². The number of likely N-dealkylation sites (tertiary alicyclic amines) is 1. The molecule has 1 aromatic rings. The van der Waals surface area contributed by atoms with Crippen molar-refractivity contribution in [1.29, 1.82) is 0 Å². The summed E-state index contributed by atoms with van der Waals surface area (Å²) in [5.41, 5.74) is 1.24. The zero-order valence-corrected chi connectivity index (χ0v) is 11.2. The number of rotatable bonds is 5. The summed E-state index contributed by atoms with van der Waals surface area (Å²) in [7, 11) is 0. The van der Waals surface area contributed by atoms with E-state index in [9.17, 15) is 9.90 Å². The third-order valence-corrected chi connectivity index (χ3v) is 3.50. The number of aliphatic hydroxyl groups is 1. The monoisotopic (exact) mass is 262 g/mol. The topological polar surface area (TPSA) is 52.6 Å². The molecule has 4 nitrogen and oxygen atoms in total. The van der Waals surface area contributed by atoms with Gasteiger partial charge in [-0.2, -0.15) is 0 Å². The first-order chi connectivity index (χ1) is 9.24.